The highest BCUT2D eigenvalue weighted by Gasteiger charge is 2.22. The number of hydrogen-bond donors (Lipinski definition) is 2. The number of benzene rings is 1. The molecule has 4 heteroatoms. The number of nitrogens with one attached hydrogen (secondary N) is 1. The number of halogens is 1. The fourth-order valence-corrected chi connectivity index (χ4v) is 2.87. The van der Waals surface area contributed by atoms with E-state index in [1.54, 1.807) is 6.07 Å². The largest absolute Gasteiger partial charge is 0.508 e. The van der Waals surface area contributed by atoms with Crippen molar-refractivity contribution < 1.29 is 9.50 Å². The van der Waals surface area contributed by atoms with Crippen LogP contribution in [0.4, 0.5) is 4.39 Å². The standard InChI is InChI=1S/C15H23FN2O/c1-17-6-5-14-4-2-3-7-18(14)11-12-8-13(16)10-15(19)9-12/h8-10,14,17,19H,2-7,11H2,1H3. The van der Waals surface area contributed by atoms with Gasteiger partial charge in [-0.1, -0.05) is 6.42 Å². The normalized spacial score (nSPS) is 20.6. The molecule has 2 rings (SSSR count). The molecule has 1 atom stereocenters. The van der Waals surface area contributed by atoms with Crippen molar-refractivity contribution in [1.29, 1.82) is 0 Å². The van der Waals surface area contributed by atoms with Gasteiger partial charge < -0.3 is 10.4 Å². The van der Waals surface area contributed by atoms with Crippen LogP contribution in [0, 0.1) is 5.82 Å². The number of nitrogens with zero attached hydrogens (tertiary/aromatic N) is 1. The summed E-state index contributed by atoms with van der Waals surface area (Å²) in [4.78, 5) is 2.41. The Balaban J connectivity index is 2.01. The van der Waals surface area contributed by atoms with Crippen LogP contribution in [0.1, 0.15) is 31.2 Å². The molecule has 2 N–H and O–H groups in total. The van der Waals surface area contributed by atoms with Crippen LogP contribution in [0.5, 0.6) is 5.75 Å². The van der Waals surface area contributed by atoms with Crippen molar-refractivity contribution in [3.63, 3.8) is 0 Å². The van der Waals surface area contributed by atoms with Gasteiger partial charge in [0.1, 0.15) is 11.6 Å². The molecule has 1 unspecified atom stereocenters. The molecular formula is C15H23FN2O. The Morgan fingerprint density at radius 2 is 2.21 bits per heavy atom. The average molecular weight is 266 g/mol. The summed E-state index contributed by atoms with van der Waals surface area (Å²) in [6.07, 6.45) is 4.82. The van der Waals surface area contributed by atoms with E-state index in [2.05, 4.69) is 10.2 Å². The number of phenolic OH excluding ortho intramolecular Hbond substituents is 1. The second-order valence-electron chi connectivity index (χ2n) is 5.33. The van der Waals surface area contributed by atoms with Crippen LogP contribution >= 0.6 is 0 Å². The molecule has 106 valence electrons. The number of aromatic hydroxyl groups is 1. The van der Waals surface area contributed by atoms with E-state index in [9.17, 15) is 9.50 Å². The van der Waals surface area contributed by atoms with Crippen LogP contribution in [0.2, 0.25) is 0 Å². The molecule has 1 aliphatic rings. The van der Waals surface area contributed by atoms with E-state index < -0.39 is 0 Å². The molecule has 0 amide bonds. The van der Waals surface area contributed by atoms with E-state index in [4.69, 9.17) is 0 Å². The third-order valence-corrected chi connectivity index (χ3v) is 3.80. The summed E-state index contributed by atoms with van der Waals surface area (Å²) in [6.45, 7) is 2.79. The highest BCUT2D eigenvalue weighted by atomic mass is 19.1. The Kier molecular flexibility index (Phi) is 5.16. The van der Waals surface area contributed by atoms with Gasteiger partial charge in [0, 0.05) is 18.7 Å². The quantitative estimate of drug-likeness (QED) is 0.859. The first-order valence-electron chi connectivity index (χ1n) is 7.06. The minimum atomic E-state index is -0.362. The molecule has 0 bridgehead atoms. The number of likely N-dealkylation sites (tertiary alicyclic amines) is 1. The van der Waals surface area contributed by atoms with E-state index in [1.807, 2.05) is 7.05 Å². The molecule has 1 aliphatic heterocycles. The van der Waals surface area contributed by atoms with Gasteiger partial charge in [0.2, 0.25) is 0 Å². The first-order chi connectivity index (χ1) is 9.19. The van der Waals surface area contributed by atoms with Gasteiger partial charge in [0.15, 0.2) is 0 Å². The second kappa shape index (κ2) is 6.87. The van der Waals surface area contributed by atoms with Crippen LogP contribution in [0.15, 0.2) is 18.2 Å². The monoisotopic (exact) mass is 266 g/mol. The zero-order valence-corrected chi connectivity index (χ0v) is 11.5. The van der Waals surface area contributed by atoms with Crippen molar-refractivity contribution in [3.8, 4) is 5.75 Å². The number of rotatable bonds is 5. The van der Waals surface area contributed by atoms with Crippen LogP contribution in [-0.2, 0) is 6.54 Å². The zero-order chi connectivity index (χ0) is 13.7. The van der Waals surface area contributed by atoms with Gasteiger partial charge >= 0.3 is 0 Å². The van der Waals surface area contributed by atoms with Gasteiger partial charge in [0.05, 0.1) is 0 Å². The highest BCUT2D eigenvalue weighted by Crippen LogP contribution is 2.23. The fourth-order valence-electron chi connectivity index (χ4n) is 2.87. The molecule has 0 aliphatic carbocycles. The van der Waals surface area contributed by atoms with Crippen molar-refractivity contribution >= 4 is 0 Å². The molecule has 1 aromatic rings. The average Bonchev–Trinajstić information content (AvgIpc) is 2.36. The third kappa shape index (κ3) is 4.18. The zero-order valence-electron chi connectivity index (χ0n) is 11.5. The Morgan fingerprint density at radius 3 is 2.95 bits per heavy atom. The molecule has 1 aromatic carbocycles. The first-order valence-corrected chi connectivity index (χ1v) is 7.06. The lowest BCUT2D eigenvalue weighted by molar-refractivity contribution is 0.132. The van der Waals surface area contributed by atoms with Crippen molar-refractivity contribution in [2.24, 2.45) is 0 Å². The van der Waals surface area contributed by atoms with E-state index in [1.165, 1.54) is 25.3 Å². The third-order valence-electron chi connectivity index (χ3n) is 3.80. The molecular weight excluding hydrogens is 243 g/mol. The molecule has 1 heterocycles. The molecule has 3 nitrogen and oxygen atoms in total. The maximum absolute atomic E-state index is 13.3. The van der Waals surface area contributed by atoms with Crippen LogP contribution in [0.3, 0.4) is 0 Å². The van der Waals surface area contributed by atoms with Crippen LogP contribution in [-0.4, -0.2) is 36.2 Å². The Hall–Kier alpha value is -1.13. The Labute approximate surface area is 114 Å². The molecule has 19 heavy (non-hydrogen) atoms. The van der Waals surface area contributed by atoms with Gasteiger partial charge in [-0.05, 0) is 57.1 Å². The number of hydrogen-bond acceptors (Lipinski definition) is 3. The van der Waals surface area contributed by atoms with Gasteiger partial charge in [0.25, 0.3) is 0 Å². The predicted molar refractivity (Wildman–Crippen MR) is 74.7 cm³/mol. The van der Waals surface area contributed by atoms with Crippen molar-refractivity contribution in [2.75, 3.05) is 20.1 Å². The summed E-state index contributed by atoms with van der Waals surface area (Å²) in [7, 11) is 1.97. The summed E-state index contributed by atoms with van der Waals surface area (Å²) >= 11 is 0. The number of piperidine rings is 1. The SMILES string of the molecule is CNCCC1CCCCN1Cc1cc(O)cc(F)c1. The molecule has 0 saturated carbocycles. The molecule has 0 spiro atoms. The van der Waals surface area contributed by atoms with Gasteiger partial charge in [-0.2, -0.15) is 0 Å². The summed E-state index contributed by atoms with van der Waals surface area (Å²) in [6, 6.07) is 4.89. The minimum Gasteiger partial charge on any atom is -0.508 e. The minimum absolute atomic E-state index is 0.0128. The van der Waals surface area contributed by atoms with Crippen molar-refractivity contribution in [1.82, 2.24) is 10.2 Å². The topological polar surface area (TPSA) is 35.5 Å². The lowest BCUT2D eigenvalue weighted by Crippen LogP contribution is -2.40. The van der Waals surface area contributed by atoms with E-state index in [0.29, 0.717) is 6.04 Å². The summed E-state index contributed by atoms with van der Waals surface area (Å²) in [5, 5.41) is 12.7. The Morgan fingerprint density at radius 1 is 1.37 bits per heavy atom. The van der Waals surface area contributed by atoms with E-state index >= 15 is 0 Å². The fraction of sp³-hybridized carbons (Fsp3) is 0.600. The van der Waals surface area contributed by atoms with Gasteiger partial charge in [-0.3, -0.25) is 4.90 Å². The van der Waals surface area contributed by atoms with Gasteiger partial charge in [-0.25, -0.2) is 4.39 Å². The lowest BCUT2D eigenvalue weighted by atomic mass is 9.98. The molecule has 0 aromatic heterocycles. The maximum Gasteiger partial charge on any atom is 0.127 e. The molecule has 1 fully saturated rings. The summed E-state index contributed by atoms with van der Waals surface area (Å²) < 4.78 is 13.3. The molecule has 0 radical (unpaired) electrons. The van der Waals surface area contributed by atoms with Crippen molar-refractivity contribution in [3.05, 3.63) is 29.6 Å². The predicted octanol–water partition coefficient (Wildman–Crippen LogP) is 2.50. The molecule has 1 saturated heterocycles. The summed E-state index contributed by atoms with van der Waals surface area (Å²) in [5.41, 5.74) is 0.855. The smallest absolute Gasteiger partial charge is 0.127 e. The summed E-state index contributed by atoms with van der Waals surface area (Å²) in [5.74, 6) is -0.349. The maximum atomic E-state index is 13.3. The van der Waals surface area contributed by atoms with Crippen LogP contribution < -0.4 is 5.32 Å². The Bertz CT molecular complexity index is 391. The lowest BCUT2D eigenvalue weighted by Gasteiger charge is -2.36. The van der Waals surface area contributed by atoms with Gasteiger partial charge in [-0.15, -0.1) is 0 Å². The second-order valence-corrected chi connectivity index (χ2v) is 5.33. The first kappa shape index (κ1) is 14.3. The van der Waals surface area contributed by atoms with Crippen molar-refractivity contribution in [2.45, 2.75) is 38.3 Å². The van der Waals surface area contributed by atoms with E-state index in [0.717, 1.165) is 37.7 Å². The highest BCUT2D eigenvalue weighted by molar-refractivity contribution is 5.28. The van der Waals surface area contributed by atoms with Crippen LogP contribution in [0.25, 0.3) is 0 Å². The number of phenols is 1. The van der Waals surface area contributed by atoms with E-state index in [-0.39, 0.29) is 11.6 Å².